The van der Waals surface area contributed by atoms with Crippen molar-refractivity contribution in [3.05, 3.63) is 45.2 Å². The number of ether oxygens (including phenoxy) is 1. The van der Waals surface area contributed by atoms with Gasteiger partial charge >= 0.3 is 0 Å². The predicted molar refractivity (Wildman–Crippen MR) is 81.2 cm³/mol. The topological polar surface area (TPSA) is 85.7 Å². The van der Waals surface area contributed by atoms with E-state index in [1.807, 2.05) is 6.92 Å². The average Bonchev–Trinajstić information content (AvgIpc) is 2.69. The molecule has 0 aliphatic rings. The molecule has 0 amide bonds. The summed E-state index contributed by atoms with van der Waals surface area (Å²) in [5, 5.41) is 16.8. The molecule has 8 heteroatoms. The number of hydrogen-bond acceptors (Lipinski definition) is 4. The number of hydrogen-bond donors (Lipinski definition) is 2. The molecule has 0 aliphatic carbocycles. The van der Waals surface area contributed by atoms with Crippen LogP contribution < -0.4 is 10.5 Å². The third-order valence-corrected chi connectivity index (χ3v) is 3.77. The van der Waals surface area contributed by atoms with Crippen molar-refractivity contribution >= 4 is 29.0 Å². The van der Waals surface area contributed by atoms with Gasteiger partial charge in [0.15, 0.2) is 5.84 Å². The summed E-state index contributed by atoms with van der Waals surface area (Å²) in [5.74, 6) is 0.279. The molecule has 112 valence electrons. The smallest absolute Gasteiger partial charge is 0.175 e. The van der Waals surface area contributed by atoms with E-state index in [4.69, 9.17) is 38.9 Å². The number of oxime groups is 1. The standard InChI is InChI=1S/C13H14Cl2N4O2/c1-7-8(12(15)19(2)17-7)6-21-10-5-3-4-9(14)11(10)13(16)18-20/h3-5,20H,6H2,1-2H3,(H2,16,18). The molecule has 0 aliphatic heterocycles. The molecule has 3 N–H and O–H groups in total. The zero-order valence-electron chi connectivity index (χ0n) is 11.5. The van der Waals surface area contributed by atoms with Crippen LogP contribution in [-0.2, 0) is 13.7 Å². The van der Waals surface area contributed by atoms with Crippen LogP contribution in [0.2, 0.25) is 10.2 Å². The van der Waals surface area contributed by atoms with Gasteiger partial charge in [0.1, 0.15) is 17.5 Å². The monoisotopic (exact) mass is 328 g/mol. The van der Waals surface area contributed by atoms with Crippen LogP contribution in [0.4, 0.5) is 0 Å². The second-order valence-corrected chi connectivity index (χ2v) is 5.13. The van der Waals surface area contributed by atoms with Crippen molar-refractivity contribution in [3.8, 4) is 5.75 Å². The summed E-state index contributed by atoms with van der Waals surface area (Å²) in [6.45, 7) is 2.04. The van der Waals surface area contributed by atoms with E-state index in [9.17, 15) is 0 Å². The molecule has 0 spiro atoms. The van der Waals surface area contributed by atoms with Crippen molar-refractivity contribution in [1.82, 2.24) is 9.78 Å². The first-order valence-corrected chi connectivity index (χ1v) is 6.78. The number of aryl methyl sites for hydroxylation is 2. The fourth-order valence-corrected chi connectivity index (χ4v) is 2.40. The van der Waals surface area contributed by atoms with Crippen molar-refractivity contribution in [1.29, 1.82) is 0 Å². The van der Waals surface area contributed by atoms with Gasteiger partial charge in [-0.3, -0.25) is 4.68 Å². The molecule has 21 heavy (non-hydrogen) atoms. The maximum atomic E-state index is 8.83. The number of amidine groups is 1. The number of halogens is 2. The summed E-state index contributed by atoms with van der Waals surface area (Å²) in [7, 11) is 1.75. The molecule has 0 atom stereocenters. The van der Waals surface area contributed by atoms with Crippen molar-refractivity contribution in [3.63, 3.8) is 0 Å². The van der Waals surface area contributed by atoms with Gasteiger partial charge in [-0.1, -0.05) is 34.4 Å². The molecule has 1 heterocycles. The number of nitrogens with two attached hydrogens (primary N) is 1. The summed E-state index contributed by atoms with van der Waals surface area (Å²) in [5.41, 5.74) is 7.50. The van der Waals surface area contributed by atoms with Crippen LogP contribution in [0.3, 0.4) is 0 Å². The van der Waals surface area contributed by atoms with Gasteiger partial charge in [-0.25, -0.2) is 0 Å². The van der Waals surface area contributed by atoms with Crippen LogP contribution in [0.25, 0.3) is 0 Å². The Morgan fingerprint density at radius 1 is 1.48 bits per heavy atom. The molecule has 1 aromatic heterocycles. The Kier molecular flexibility index (Phi) is 4.59. The minimum absolute atomic E-state index is 0.121. The van der Waals surface area contributed by atoms with E-state index in [0.717, 1.165) is 11.3 Å². The Morgan fingerprint density at radius 3 is 2.76 bits per heavy atom. The molecule has 0 bridgehead atoms. The fourth-order valence-electron chi connectivity index (χ4n) is 1.91. The molecular weight excluding hydrogens is 315 g/mol. The molecule has 6 nitrogen and oxygen atoms in total. The van der Waals surface area contributed by atoms with Gasteiger partial charge in [0.05, 0.1) is 16.3 Å². The van der Waals surface area contributed by atoms with E-state index < -0.39 is 0 Å². The van der Waals surface area contributed by atoms with Crippen LogP contribution in [0, 0.1) is 6.92 Å². The first-order valence-electron chi connectivity index (χ1n) is 6.03. The van der Waals surface area contributed by atoms with Crippen molar-refractivity contribution in [2.75, 3.05) is 0 Å². The number of benzene rings is 1. The van der Waals surface area contributed by atoms with E-state index in [-0.39, 0.29) is 12.4 Å². The van der Waals surface area contributed by atoms with Gasteiger partial charge in [0.2, 0.25) is 0 Å². The molecule has 2 aromatic rings. The van der Waals surface area contributed by atoms with Crippen LogP contribution in [0.15, 0.2) is 23.4 Å². The molecule has 0 fully saturated rings. The van der Waals surface area contributed by atoms with Crippen molar-refractivity contribution < 1.29 is 9.94 Å². The molecule has 2 rings (SSSR count). The van der Waals surface area contributed by atoms with Crippen LogP contribution in [-0.4, -0.2) is 20.8 Å². The van der Waals surface area contributed by atoms with Crippen LogP contribution in [0.5, 0.6) is 5.75 Å². The maximum absolute atomic E-state index is 8.83. The summed E-state index contributed by atoms with van der Waals surface area (Å²) in [4.78, 5) is 0. The van der Waals surface area contributed by atoms with Crippen LogP contribution >= 0.6 is 23.2 Å². The molecule has 0 unspecified atom stereocenters. The zero-order valence-corrected chi connectivity index (χ0v) is 13.0. The Bertz CT molecular complexity index is 698. The lowest BCUT2D eigenvalue weighted by Crippen LogP contribution is -2.15. The molecule has 1 aromatic carbocycles. The number of aromatic nitrogens is 2. The highest BCUT2D eigenvalue weighted by Gasteiger charge is 2.16. The lowest BCUT2D eigenvalue weighted by Gasteiger charge is -2.12. The summed E-state index contributed by atoms with van der Waals surface area (Å²) in [6.07, 6.45) is 0. The Labute approximate surface area is 131 Å². The second-order valence-electron chi connectivity index (χ2n) is 4.37. The zero-order chi connectivity index (χ0) is 15.6. The fraction of sp³-hybridized carbons (Fsp3) is 0.231. The van der Waals surface area contributed by atoms with Gasteiger partial charge < -0.3 is 15.7 Å². The molecular formula is C13H14Cl2N4O2. The quantitative estimate of drug-likeness (QED) is 0.391. The van der Waals surface area contributed by atoms with E-state index in [0.29, 0.717) is 21.5 Å². The lowest BCUT2D eigenvalue weighted by atomic mass is 10.2. The molecule has 0 saturated heterocycles. The third-order valence-electron chi connectivity index (χ3n) is 2.98. The van der Waals surface area contributed by atoms with Gasteiger partial charge in [0, 0.05) is 12.6 Å². The summed E-state index contributed by atoms with van der Waals surface area (Å²) < 4.78 is 7.28. The van der Waals surface area contributed by atoms with Gasteiger partial charge in [-0.2, -0.15) is 5.10 Å². The highest BCUT2D eigenvalue weighted by molar-refractivity contribution is 6.34. The largest absolute Gasteiger partial charge is 0.488 e. The van der Waals surface area contributed by atoms with Crippen LogP contribution in [0.1, 0.15) is 16.8 Å². The highest BCUT2D eigenvalue weighted by Crippen LogP contribution is 2.28. The molecule has 0 radical (unpaired) electrons. The van der Waals surface area contributed by atoms with Crippen molar-refractivity contribution in [2.45, 2.75) is 13.5 Å². The highest BCUT2D eigenvalue weighted by atomic mass is 35.5. The lowest BCUT2D eigenvalue weighted by molar-refractivity contribution is 0.302. The minimum Gasteiger partial charge on any atom is -0.488 e. The summed E-state index contributed by atoms with van der Waals surface area (Å²) >= 11 is 12.2. The van der Waals surface area contributed by atoms with E-state index >= 15 is 0 Å². The van der Waals surface area contributed by atoms with E-state index in [1.165, 1.54) is 0 Å². The predicted octanol–water partition coefficient (Wildman–Crippen LogP) is 2.71. The Morgan fingerprint density at radius 2 is 2.19 bits per heavy atom. The molecule has 0 saturated carbocycles. The Hall–Kier alpha value is -1.92. The number of rotatable bonds is 4. The second kappa shape index (κ2) is 6.24. The maximum Gasteiger partial charge on any atom is 0.175 e. The first-order chi connectivity index (χ1) is 9.95. The first kappa shape index (κ1) is 15.5. The van der Waals surface area contributed by atoms with E-state index in [2.05, 4.69) is 10.3 Å². The van der Waals surface area contributed by atoms with Gasteiger partial charge in [0.25, 0.3) is 0 Å². The van der Waals surface area contributed by atoms with Gasteiger partial charge in [-0.05, 0) is 19.1 Å². The summed E-state index contributed by atoms with van der Waals surface area (Å²) in [6, 6.07) is 5.02. The minimum atomic E-state index is -0.121. The Balaban J connectivity index is 2.31. The third kappa shape index (κ3) is 3.06. The SMILES string of the molecule is Cc1nn(C)c(Cl)c1COc1cccc(Cl)c1/C(N)=N/O. The normalized spacial score (nSPS) is 11.7. The average molecular weight is 329 g/mol. The van der Waals surface area contributed by atoms with Crippen molar-refractivity contribution in [2.24, 2.45) is 17.9 Å². The number of nitrogens with zero attached hydrogens (tertiary/aromatic N) is 3. The van der Waals surface area contributed by atoms with Gasteiger partial charge in [-0.15, -0.1) is 0 Å². The van der Waals surface area contributed by atoms with E-state index in [1.54, 1.807) is 29.9 Å².